The summed E-state index contributed by atoms with van der Waals surface area (Å²) in [6.45, 7) is 3.14. The summed E-state index contributed by atoms with van der Waals surface area (Å²) in [6.07, 6.45) is 0. The fourth-order valence-electron chi connectivity index (χ4n) is 2.23. The zero-order valence-corrected chi connectivity index (χ0v) is 13.1. The van der Waals surface area contributed by atoms with Crippen molar-refractivity contribution >= 4 is 23.4 Å². The molecule has 1 N–H and O–H groups in total. The van der Waals surface area contributed by atoms with Crippen LogP contribution in [0.1, 0.15) is 17.3 Å². The van der Waals surface area contributed by atoms with Gasteiger partial charge in [0.05, 0.1) is 5.69 Å². The summed E-state index contributed by atoms with van der Waals surface area (Å²) in [4.78, 5) is 13.5. The molecule has 0 saturated carbocycles. The summed E-state index contributed by atoms with van der Waals surface area (Å²) in [5, 5.41) is 2.96. The molecule has 1 heterocycles. The number of ether oxygens (including phenoxy) is 2. The van der Waals surface area contributed by atoms with Crippen molar-refractivity contribution in [1.82, 2.24) is 0 Å². The molecule has 5 heteroatoms. The lowest BCUT2D eigenvalue weighted by Crippen LogP contribution is -2.17. The molecule has 3 rings (SSSR count). The number of carbonyl (C=O) groups is 1. The summed E-state index contributed by atoms with van der Waals surface area (Å²) >= 11 is 1.70. The van der Waals surface area contributed by atoms with Gasteiger partial charge in [-0.15, -0.1) is 11.8 Å². The topological polar surface area (TPSA) is 47.6 Å². The van der Waals surface area contributed by atoms with E-state index in [0.29, 0.717) is 30.3 Å². The number of hydrogen-bond acceptors (Lipinski definition) is 4. The Morgan fingerprint density at radius 3 is 2.73 bits per heavy atom. The van der Waals surface area contributed by atoms with Crippen molar-refractivity contribution in [1.29, 1.82) is 0 Å². The molecule has 4 nitrogen and oxygen atoms in total. The van der Waals surface area contributed by atoms with Crippen LogP contribution in [0.25, 0.3) is 0 Å². The van der Waals surface area contributed by atoms with E-state index in [2.05, 4.69) is 12.2 Å². The summed E-state index contributed by atoms with van der Waals surface area (Å²) in [6, 6.07) is 13.0. The first kappa shape index (κ1) is 14.8. The highest BCUT2D eigenvalue weighted by Gasteiger charge is 2.15. The third kappa shape index (κ3) is 3.20. The molecule has 2 aromatic rings. The van der Waals surface area contributed by atoms with Crippen LogP contribution in [0.15, 0.2) is 47.4 Å². The first-order valence-corrected chi connectivity index (χ1v) is 8.19. The number of hydrogen-bond donors (Lipinski definition) is 1. The second kappa shape index (κ2) is 6.75. The minimum atomic E-state index is -0.152. The number of para-hydroxylation sites is 1. The number of benzene rings is 2. The Morgan fingerprint density at radius 1 is 1.14 bits per heavy atom. The number of fused-ring (bicyclic) bond motifs is 1. The van der Waals surface area contributed by atoms with E-state index in [1.54, 1.807) is 30.0 Å². The molecule has 1 aliphatic rings. The lowest BCUT2D eigenvalue weighted by Gasteiger charge is -2.18. The van der Waals surface area contributed by atoms with Gasteiger partial charge in [-0.1, -0.05) is 19.1 Å². The number of carbonyl (C=O) groups excluding carboxylic acids is 1. The maximum atomic E-state index is 12.4. The number of amides is 1. The van der Waals surface area contributed by atoms with Crippen LogP contribution < -0.4 is 14.8 Å². The SMILES string of the molecule is CCSc1ccccc1NC(=O)c1ccc2c(c1)OCCO2. The van der Waals surface area contributed by atoms with Crippen LogP contribution in [0, 0.1) is 0 Å². The average molecular weight is 315 g/mol. The quantitative estimate of drug-likeness (QED) is 0.871. The third-order valence-electron chi connectivity index (χ3n) is 3.24. The fraction of sp³-hybridized carbons (Fsp3) is 0.235. The van der Waals surface area contributed by atoms with Crippen molar-refractivity contribution in [2.24, 2.45) is 0 Å². The number of anilines is 1. The smallest absolute Gasteiger partial charge is 0.255 e. The Hall–Kier alpha value is -2.14. The molecule has 0 fully saturated rings. The number of rotatable bonds is 4. The van der Waals surface area contributed by atoms with Gasteiger partial charge in [-0.3, -0.25) is 4.79 Å². The van der Waals surface area contributed by atoms with Gasteiger partial charge in [-0.25, -0.2) is 0 Å². The van der Waals surface area contributed by atoms with Crippen molar-refractivity contribution in [3.63, 3.8) is 0 Å². The van der Waals surface area contributed by atoms with E-state index >= 15 is 0 Å². The van der Waals surface area contributed by atoms with Crippen LogP contribution in [0.5, 0.6) is 11.5 Å². The molecule has 1 aliphatic heterocycles. The molecule has 0 unspecified atom stereocenters. The van der Waals surface area contributed by atoms with Crippen molar-refractivity contribution in [2.45, 2.75) is 11.8 Å². The molecule has 0 bridgehead atoms. The van der Waals surface area contributed by atoms with Crippen LogP contribution in [0.4, 0.5) is 5.69 Å². The first-order chi connectivity index (χ1) is 10.8. The maximum absolute atomic E-state index is 12.4. The Morgan fingerprint density at radius 2 is 1.91 bits per heavy atom. The maximum Gasteiger partial charge on any atom is 0.255 e. The van der Waals surface area contributed by atoms with Crippen LogP contribution in [0.2, 0.25) is 0 Å². The normalized spacial score (nSPS) is 12.8. The van der Waals surface area contributed by atoms with Crippen LogP contribution in [-0.2, 0) is 0 Å². The summed E-state index contributed by atoms with van der Waals surface area (Å²) < 4.78 is 11.0. The Kier molecular flexibility index (Phi) is 4.53. The number of nitrogens with one attached hydrogen (secondary N) is 1. The molecule has 0 saturated heterocycles. The Labute approximate surface area is 133 Å². The summed E-state index contributed by atoms with van der Waals surface area (Å²) in [7, 11) is 0. The number of thioether (sulfide) groups is 1. The van der Waals surface area contributed by atoms with Gasteiger partial charge < -0.3 is 14.8 Å². The van der Waals surface area contributed by atoms with E-state index < -0.39 is 0 Å². The molecule has 22 heavy (non-hydrogen) atoms. The van der Waals surface area contributed by atoms with Crippen molar-refractivity contribution in [3.05, 3.63) is 48.0 Å². The molecule has 1 amide bonds. The predicted molar refractivity (Wildman–Crippen MR) is 88.2 cm³/mol. The van der Waals surface area contributed by atoms with Gasteiger partial charge in [-0.2, -0.15) is 0 Å². The molecule has 0 atom stereocenters. The lowest BCUT2D eigenvalue weighted by molar-refractivity contribution is 0.102. The van der Waals surface area contributed by atoms with Gasteiger partial charge in [0.15, 0.2) is 11.5 Å². The van der Waals surface area contributed by atoms with E-state index in [-0.39, 0.29) is 5.91 Å². The monoisotopic (exact) mass is 315 g/mol. The highest BCUT2D eigenvalue weighted by molar-refractivity contribution is 7.99. The predicted octanol–water partition coefficient (Wildman–Crippen LogP) is 3.82. The first-order valence-electron chi connectivity index (χ1n) is 7.21. The fourth-order valence-corrected chi connectivity index (χ4v) is 2.99. The highest BCUT2D eigenvalue weighted by Crippen LogP contribution is 2.31. The molecule has 114 valence electrons. The van der Waals surface area contributed by atoms with Crippen molar-refractivity contribution < 1.29 is 14.3 Å². The summed E-state index contributed by atoms with van der Waals surface area (Å²) in [5.74, 6) is 2.11. The lowest BCUT2D eigenvalue weighted by atomic mass is 10.1. The average Bonchev–Trinajstić information content (AvgIpc) is 2.56. The minimum Gasteiger partial charge on any atom is -0.486 e. The largest absolute Gasteiger partial charge is 0.486 e. The standard InChI is InChI=1S/C17H17NO3S/c1-2-22-16-6-4-3-5-13(16)18-17(19)12-7-8-14-15(11-12)21-10-9-20-14/h3-8,11H,2,9-10H2,1H3,(H,18,19). The highest BCUT2D eigenvalue weighted by atomic mass is 32.2. The van der Waals surface area contributed by atoms with Crippen LogP contribution in [0.3, 0.4) is 0 Å². The van der Waals surface area contributed by atoms with Gasteiger partial charge in [0.25, 0.3) is 5.91 Å². The minimum absolute atomic E-state index is 0.152. The van der Waals surface area contributed by atoms with E-state index in [9.17, 15) is 4.79 Å². The van der Waals surface area contributed by atoms with Gasteiger partial charge in [-0.05, 0) is 36.1 Å². The van der Waals surface area contributed by atoms with Gasteiger partial charge in [0.2, 0.25) is 0 Å². The second-order valence-electron chi connectivity index (χ2n) is 4.74. The van der Waals surface area contributed by atoms with E-state index in [1.807, 2.05) is 24.3 Å². The van der Waals surface area contributed by atoms with Gasteiger partial charge >= 0.3 is 0 Å². The van der Waals surface area contributed by atoms with Gasteiger partial charge in [0.1, 0.15) is 13.2 Å². The molecular weight excluding hydrogens is 298 g/mol. The van der Waals surface area contributed by atoms with E-state index in [1.165, 1.54) is 0 Å². The van der Waals surface area contributed by atoms with E-state index in [4.69, 9.17) is 9.47 Å². The molecule has 0 spiro atoms. The zero-order valence-electron chi connectivity index (χ0n) is 12.3. The van der Waals surface area contributed by atoms with Crippen LogP contribution in [-0.4, -0.2) is 24.9 Å². The van der Waals surface area contributed by atoms with Gasteiger partial charge in [0, 0.05) is 10.5 Å². The van der Waals surface area contributed by atoms with Crippen molar-refractivity contribution in [3.8, 4) is 11.5 Å². The summed E-state index contributed by atoms with van der Waals surface area (Å²) in [5.41, 5.74) is 1.38. The van der Waals surface area contributed by atoms with Crippen molar-refractivity contribution in [2.75, 3.05) is 24.3 Å². The molecule has 0 radical (unpaired) electrons. The second-order valence-corrected chi connectivity index (χ2v) is 6.05. The molecule has 0 aliphatic carbocycles. The van der Waals surface area contributed by atoms with Crippen LogP contribution >= 0.6 is 11.8 Å². The molecule has 0 aromatic heterocycles. The molecular formula is C17H17NO3S. The Bertz CT molecular complexity index is 687. The molecule has 2 aromatic carbocycles. The Balaban J connectivity index is 1.80. The van der Waals surface area contributed by atoms with E-state index in [0.717, 1.165) is 16.3 Å². The third-order valence-corrected chi connectivity index (χ3v) is 4.20. The zero-order chi connectivity index (χ0) is 15.4.